The first kappa shape index (κ1) is 14.0. The smallest absolute Gasteiger partial charge is 0.136 e. The molecule has 116 valence electrons. The Morgan fingerprint density at radius 3 is 2.83 bits per heavy atom. The van der Waals surface area contributed by atoms with E-state index in [0.29, 0.717) is 6.54 Å². The van der Waals surface area contributed by atoms with Crippen LogP contribution >= 0.6 is 0 Å². The van der Waals surface area contributed by atoms with Gasteiger partial charge < -0.3 is 16.0 Å². The zero-order valence-corrected chi connectivity index (χ0v) is 13.2. The lowest BCUT2D eigenvalue weighted by molar-refractivity contribution is 0.872. The number of aromatic amines is 1. The second kappa shape index (κ2) is 5.56. The SMILES string of the molecule is Cc1cccc2nc(NCCCN)c3c4ccccc4[nH]c3c12. The Morgan fingerprint density at radius 2 is 1.96 bits per heavy atom. The van der Waals surface area contributed by atoms with Crippen LogP contribution in [0.1, 0.15) is 12.0 Å². The molecule has 2 heterocycles. The molecule has 4 nitrogen and oxygen atoms in total. The van der Waals surface area contributed by atoms with Gasteiger partial charge in [0, 0.05) is 22.8 Å². The third kappa shape index (κ3) is 2.23. The van der Waals surface area contributed by atoms with Gasteiger partial charge in [0.05, 0.1) is 16.4 Å². The lowest BCUT2D eigenvalue weighted by atomic mass is 10.1. The molecule has 0 bridgehead atoms. The van der Waals surface area contributed by atoms with Gasteiger partial charge in [-0.05, 0) is 37.6 Å². The van der Waals surface area contributed by atoms with Gasteiger partial charge in [-0.25, -0.2) is 4.98 Å². The summed E-state index contributed by atoms with van der Waals surface area (Å²) in [7, 11) is 0. The quantitative estimate of drug-likeness (QED) is 0.500. The monoisotopic (exact) mass is 304 g/mol. The van der Waals surface area contributed by atoms with Gasteiger partial charge in [0.15, 0.2) is 0 Å². The molecule has 0 spiro atoms. The first-order valence-corrected chi connectivity index (χ1v) is 8.03. The molecule has 0 unspecified atom stereocenters. The van der Waals surface area contributed by atoms with Gasteiger partial charge in [0.25, 0.3) is 0 Å². The fourth-order valence-corrected chi connectivity index (χ4v) is 3.26. The molecule has 4 N–H and O–H groups in total. The number of rotatable bonds is 4. The van der Waals surface area contributed by atoms with Crippen LogP contribution in [0.25, 0.3) is 32.7 Å². The molecular weight excluding hydrogens is 284 g/mol. The molecule has 4 heteroatoms. The van der Waals surface area contributed by atoms with E-state index in [1.165, 1.54) is 21.7 Å². The van der Waals surface area contributed by atoms with E-state index in [-0.39, 0.29) is 0 Å². The Bertz CT molecular complexity index is 1000. The summed E-state index contributed by atoms with van der Waals surface area (Å²) in [4.78, 5) is 8.47. The predicted molar refractivity (Wildman–Crippen MR) is 98.0 cm³/mol. The fourth-order valence-electron chi connectivity index (χ4n) is 3.26. The zero-order valence-electron chi connectivity index (χ0n) is 13.2. The predicted octanol–water partition coefficient (Wildman–Crippen LogP) is 3.94. The van der Waals surface area contributed by atoms with Crippen molar-refractivity contribution in [1.29, 1.82) is 0 Å². The summed E-state index contributed by atoms with van der Waals surface area (Å²) in [6.45, 7) is 3.64. The highest BCUT2D eigenvalue weighted by Crippen LogP contribution is 2.36. The molecule has 0 fully saturated rings. The lowest BCUT2D eigenvalue weighted by Crippen LogP contribution is -2.09. The van der Waals surface area contributed by atoms with Crippen LogP contribution < -0.4 is 11.1 Å². The van der Waals surface area contributed by atoms with E-state index in [1.807, 2.05) is 0 Å². The molecule has 0 saturated heterocycles. The van der Waals surface area contributed by atoms with Gasteiger partial charge in [-0.2, -0.15) is 0 Å². The average Bonchev–Trinajstić information content (AvgIpc) is 2.94. The van der Waals surface area contributed by atoms with Gasteiger partial charge in [-0.3, -0.25) is 0 Å². The topological polar surface area (TPSA) is 66.7 Å². The third-order valence-electron chi connectivity index (χ3n) is 4.35. The summed E-state index contributed by atoms with van der Waals surface area (Å²) in [6.07, 6.45) is 0.928. The molecule has 0 amide bonds. The minimum atomic E-state index is 0.677. The number of aryl methyl sites for hydroxylation is 1. The number of pyridine rings is 1. The van der Waals surface area contributed by atoms with Crippen LogP contribution in [0.3, 0.4) is 0 Å². The third-order valence-corrected chi connectivity index (χ3v) is 4.35. The number of nitrogens with two attached hydrogens (primary N) is 1. The first-order valence-electron chi connectivity index (χ1n) is 8.03. The van der Waals surface area contributed by atoms with Crippen molar-refractivity contribution in [3.05, 3.63) is 48.0 Å². The second-order valence-electron chi connectivity index (χ2n) is 5.92. The van der Waals surface area contributed by atoms with Crippen LogP contribution in [-0.2, 0) is 0 Å². The maximum Gasteiger partial charge on any atom is 0.136 e. The molecule has 2 aromatic carbocycles. The van der Waals surface area contributed by atoms with Gasteiger partial charge in [0.1, 0.15) is 5.82 Å². The number of benzene rings is 2. The molecule has 0 aliphatic carbocycles. The Labute approximate surface area is 134 Å². The van der Waals surface area contributed by atoms with Crippen molar-refractivity contribution in [2.45, 2.75) is 13.3 Å². The fraction of sp³-hybridized carbons (Fsp3) is 0.211. The van der Waals surface area contributed by atoms with Gasteiger partial charge >= 0.3 is 0 Å². The second-order valence-corrected chi connectivity index (χ2v) is 5.92. The number of fused-ring (bicyclic) bond motifs is 5. The van der Waals surface area contributed by atoms with Crippen molar-refractivity contribution in [1.82, 2.24) is 9.97 Å². The van der Waals surface area contributed by atoms with Crippen molar-refractivity contribution in [2.24, 2.45) is 5.73 Å². The molecule has 0 atom stereocenters. The molecular formula is C19H20N4. The summed E-state index contributed by atoms with van der Waals surface area (Å²) in [5.74, 6) is 0.934. The van der Waals surface area contributed by atoms with Gasteiger partial charge in [0.2, 0.25) is 0 Å². The molecule has 0 radical (unpaired) electrons. The Hall–Kier alpha value is -2.59. The van der Waals surface area contributed by atoms with E-state index in [2.05, 4.69) is 59.7 Å². The molecule has 0 saturated carbocycles. The Kier molecular flexibility index (Phi) is 3.39. The zero-order chi connectivity index (χ0) is 15.8. The summed E-state index contributed by atoms with van der Waals surface area (Å²) < 4.78 is 0. The molecule has 4 aromatic rings. The van der Waals surface area contributed by atoms with Gasteiger partial charge in [-0.1, -0.05) is 30.3 Å². The van der Waals surface area contributed by atoms with Crippen LogP contribution in [0.2, 0.25) is 0 Å². The van der Waals surface area contributed by atoms with E-state index in [9.17, 15) is 0 Å². The highest BCUT2D eigenvalue weighted by Gasteiger charge is 2.14. The Balaban J connectivity index is 2.09. The van der Waals surface area contributed by atoms with Crippen molar-refractivity contribution in [3.8, 4) is 0 Å². The van der Waals surface area contributed by atoms with Crippen LogP contribution in [0.5, 0.6) is 0 Å². The van der Waals surface area contributed by atoms with Crippen LogP contribution in [0, 0.1) is 6.92 Å². The molecule has 0 aliphatic heterocycles. The summed E-state index contributed by atoms with van der Waals surface area (Å²) in [6, 6.07) is 14.7. The van der Waals surface area contributed by atoms with Gasteiger partial charge in [-0.15, -0.1) is 0 Å². The van der Waals surface area contributed by atoms with Crippen molar-refractivity contribution in [3.63, 3.8) is 0 Å². The number of aromatic nitrogens is 2. The minimum absolute atomic E-state index is 0.677. The standard InChI is InChI=1S/C19H20N4/c1-12-6-4-9-15-16(12)18-17(19(23-15)21-11-5-10-20)13-7-2-3-8-14(13)22-18/h2-4,6-9,22H,5,10-11,20H2,1H3,(H,21,23). The van der Waals surface area contributed by atoms with Crippen LogP contribution in [-0.4, -0.2) is 23.1 Å². The number of hydrogen-bond acceptors (Lipinski definition) is 3. The van der Waals surface area contributed by atoms with Crippen LogP contribution in [0.15, 0.2) is 42.5 Å². The maximum absolute atomic E-state index is 5.62. The van der Waals surface area contributed by atoms with Crippen LogP contribution in [0.4, 0.5) is 5.82 Å². The molecule has 0 aliphatic rings. The van der Waals surface area contributed by atoms with E-state index in [4.69, 9.17) is 10.7 Å². The highest BCUT2D eigenvalue weighted by molar-refractivity contribution is 6.21. The molecule has 23 heavy (non-hydrogen) atoms. The summed E-state index contributed by atoms with van der Waals surface area (Å²) in [5, 5.41) is 7.03. The number of nitrogens with zero attached hydrogens (tertiary/aromatic N) is 1. The van der Waals surface area contributed by atoms with E-state index in [0.717, 1.165) is 35.3 Å². The average molecular weight is 304 g/mol. The maximum atomic E-state index is 5.62. The number of hydrogen-bond donors (Lipinski definition) is 3. The minimum Gasteiger partial charge on any atom is -0.369 e. The van der Waals surface area contributed by atoms with E-state index in [1.54, 1.807) is 0 Å². The molecule has 4 rings (SSSR count). The largest absolute Gasteiger partial charge is 0.369 e. The normalized spacial score (nSPS) is 11.6. The van der Waals surface area contributed by atoms with E-state index >= 15 is 0 Å². The number of para-hydroxylation sites is 1. The van der Waals surface area contributed by atoms with Crippen molar-refractivity contribution >= 4 is 38.5 Å². The summed E-state index contributed by atoms with van der Waals surface area (Å²) in [5.41, 5.74) is 10.2. The Morgan fingerprint density at radius 1 is 1.09 bits per heavy atom. The van der Waals surface area contributed by atoms with Crippen molar-refractivity contribution < 1.29 is 0 Å². The number of anilines is 1. The summed E-state index contributed by atoms with van der Waals surface area (Å²) >= 11 is 0. The van der Waals surface area contributed by atoms with Crippen molar-refractivity contribution in [2.75, 3.05) is 18.4 Å². The number of nitrogens with one attached hydrogen (secondary N) is 2. The lowest BCUT2D eigenvalue weighted by Gasteiger charge is -2.10. The van der Waals surface area contributed by atoms with E-state index < -0.39 is 0 Å². The molecule has 2 aromatic heterocycles. The first-order chi connectivity index (χ1) is 11.3. The number of H-pyrrole nitrogens is 1. The highest BCUT2D eigenvalue weighted by atomic mass is 15.0.